The van der Waals surface area contributed by atoms with E-state index < -0.39 is 60.0 Å². The largest absolute Gasteiger partial charge is 0.481 e. The van der Waals surface area contributed by atoms with Gasteiger partial charge in [-0.05, 0) is 37.2 Å². The average molecular weight is 575 g/mol. The minimum atomic E-state index is -1.17. The number of aliphatic carboxylic acids is 6. The molecule has 0 amide bonds. The molecule has 0 spiro atoms. The van der Waals surface area contributed by atoms with E-state index in [9.17, 15) is 28.8 Å². The average Bonchev–Trinajstić information content (AvgIpc) is 2.83. The first-order valence-corrected chi connectivity index (χ1v) is 12.6. The van der Waals surface area contributed by atoms with E-state index in [1.807, 2.05) is 20.1 Å². The number of carbonyl (C=O) groups is 6. The number of carboxylic acid groups (broad SMARTS) is 6. The van der Waals surface area contributed by atoms with Crippen LogP contribution in [0.3, 0.4) is 0 Å². The van der Waals surface area contributed by atoms with E-state index in [-0.39, 0.29) is 31.6 Å². The van der Waals surface area contributed by atoms with Crippen LogP contribution in [-0.2, 0) is 28.8 Å². The molecule has 0 aliphatic rings. The lowest BCUT2D eigenvalue weighted by Crippen LogP contribution is -2.36. The molecule has 0 saturated heterocycles. The van der Waals surface area contributed by atoms with Crippen molar-refractivity contribution < 1.29 is 59.4 Å². The lowest BCUT2D eigenvalue weighted by Gasteiger charge is -2.11. The molecule has 0 aromatic carbocycles. The highest BCUT2D eigenvalue weighted by atomic mass is 32.2. The zero-order valence-corrected chi connectivity index (χ0v) is 22.5. The van der Waals surface area contributed by atoms with E-state index in [0.717, 1.165) is 12.2 Å². The van der Waals surface area contributed by atoms with Crippen molar-refractivity contribution in [3.8, 4) is 0 Å². The van der Waals surface area contributed by atoms with Gasteiger partial charge in [-0.15, -0.1) is 0 Å². The molecule has 38 heavy (non-hydrogen) atoms. The SMILES string of the molecule is CCC(C)C(N)C(=O)O.CSCCC(N)C(=O)O.NC(CCC(=O)O)C(=O)O.NC(CCC(=O)O)C(=O)O. The molecule has 224 valence electrons. The van der Waals surface area contributed by atoms with Crippen LogP contribution in [0.1, 0.15) is 52.4 Å². The number of rotatable bonds is 15. The Balaban J connectivity index is -0.000000203. The Labute approximate surface area is 224 Å². The summed E-state index contributed by atoms with van der Waals surface area (Å²) in [6.45, 7) is 3.76. The van der Waals surface area contributed by atoms with Crippen LogP contribution in [0.15, 0.2) is 0 Å². The molecule has 0 aromatic heterocycles. The van der Waals surface area contributed by atoms with E-state index in [4.69, 9.17) is 53.6 Å². The number of carboxylic acids is 6. The summed E-state index contributed by atoms with van der Waals surface area (Å²) in [5, 5.41) is 49.2. The maximum absolute atomic E-state index is 10.2. The van der Waals surface area contributed by atoms with Crippen molar-refractivity contribution in [2.45, 2.75) is 76.5 Å². The van der Waals surface area contributed by atoms with E-state index in [2.05, 4.69) is 0 Å². The van der Waals surface area contributed by atoms with Crippen LogP contribution < -0.4 is 22.9 Å². The summed E-state index contributed by atoms with van der Waals surface area (Å²) in [6, 6.07) is -3.50. The molecule has 0 fully saturated rings. The third-order valence-corrected chi connectivity index (χ3v) is 5.11. The minimum Gasteiger partial charge on any atom is -0.481 e. The van der Waals surface area contributed by atoms with Crippen molar-refractivity contribution >= 4 is 47.6 Å². The predicted octanol–water partition coefficient (Wildman–Crippen LogP) is -0.878. The highest BCUT2D eigenvalue weighted by Gasteiger charge is 2.17. The summed E-state index contributed by atoms with van der Waals surface area (Å²) in [5.41, 5.74) is 20.5. The molecular formula is C21H42N4O12S. The first kappa shape index (κ1) is 42.1. The van der Waals surface area contributed by atoms with Crippen molar-refractivity contribution in [1.29, 1.82) is 0 Å². The van der Waals surface area contributed by atoms with Gasteiger partial charge in [0.05, 0.1) is 0 Å². The Morgan fingerprint density at radius 3 is 1.13 bits per heavy atom. The first-order valence-electron chi connectivity index (χ1n) is 11.2. The third-order valence-electron chi connectivity index (χ3n) is 4.47. The van der Waals surface area contributed by atoms with Crippen LogP contribution in [0.5, 0.6) is 0 Å². The second-order valence-corrected chi connectivity index (χ2v) is 8.72. The standard InChI is InChI=1S/C6H13NO2.2C5H9NO4.C5H11NO2S/c1-3-4(2)5(7)6(8)9;2*6-3(5(9)10)1-2-4(7)8;1-9-3-2-4(6)5(7)8/h4-5H,3,7H2,1-2H3,(H,8,9);2*3H,1-2,6H2,(H,7,8)(H,9,10);4H,2-3,6H2,1H3,(H,7,8). The number of hydrogen-bond acceptors (Lipinski definition) is 11. The molecule has 0 radical (unpaired) electrons. The van der Waals surface area contributed by atoms with Gasteiger partial charge in [0, 0.05) is 12.8 Å². The van der Waals surface area contributed by atoms with Crippen LogP contribution in [0.4, 0.5) is 0 Å². The lowest BCUT2D eigenvalue weighted by atomic mass is 10.0. The Hall–Kier alpha value is -2.99. The minimum absolute atomic E-state index is 0.0231. The van der Waals surface area contributed by atoms with Crippen LogP contribution in [0, 0.1) is 5.92 Å². The molecule has 17 heteroatoms. The molecule has 0 saturated carbocycles. The molecule has 0 aromatic rings. The molecule has 16 nitrogen and oxygen atoms in total. The highest BCUT2D eigenvalue weighted by Crippen LogP contribution is 2.04. The Morgan fingerprint density at radius 1 is 0.632 bits per heavy atom. The zero-order valence-electron chi connectivity index (χ0n) is 21.7. The van der Waals surface area contributed by atoms with Crippen molar-refractivity contribution in [2.75, 3.05) is 12.0 Å². The normalized spacial score (nSPS) is 13.7. The number of thioether (sulfide) groups is 1. The van der Waals surface area contributed by atoms with Crippen molar-refractivity contribution in [3.05, 3.63) is 0 Å². The third kappa shape index (κ3) is 31.0. The van der Waals surface area contributed by atoms with Crippen LogP contribution in [0.2, 0.25) is 0 Å². The molecule has 0 heterocycles. The van der Waals surface area contributed by atoms with Gasteiger partial charge in [-0.2, -0.15) is 11.8 Å². The molecule has 0 bridgehead atoms. The zero-order chi connectivity index (χ0) is 31.0. The van der Waals surface area contributed by atoms with E-state index in [1.54, 1.807) is 11.8 Å². The topological polar surface area (TPSA) is 328 Å². The summed E-state index contributed by atoms with van der Waals surface area (Å²) in [4.78, 5) is 60.0. The molecule has 5 unspecified atom stereocenters. The van der Waals surface area contributed by atoms with Crippen molar-refractivity contribution in [3.63, 3.8) is 0 Å². The van der Waals surface area contributed by atoms with Crippen LogP contribution in [-0.4, -0.2) is 103 Å². The van der Waals surface area contributed by atoms with Crippen molar-refractivity contribution in [1.82, 2.24) is 0 Å². The summed E-state index contributed by atoms with van der Waals surface area (Å²) >= 11 is 1.60. The van der Waals surface area contributed by atoms with Gasteiger partial charge in [0.1, 0.15) is 24.2 Å². The van der Waals surface area contributed by atoms with Gasteiger partial charge in [0.25, 0.3) is 0 Å². The van der Waals surface area contributed by atoms with Gasteiger partial charge in [-0.3, -0.25) is 28.8 Å². The van der Waals surface area contributed by atoms with Gasteiger partial charge < -0.3 is 53.6 Å². The first-order chi connectivity index (χ1) is 17.3. The summed E-state index contributed by atoms with van der Waals surface area (Å²) in [7, 11) is 0. The molecule has 0 aliphatic carbocycles. The molecule has 0 aliphatic heterocycles. The fourth-order valence-electron chi connectivity index (χ4n) is 1.67. The predicted molar refractivity (Wildman–Crippen MR) is 139 cm³/mol. The molecule has 14 N–H and O–H groups in total. The van der Waals surface area contributed by atoms with Gasteiger partial charge in [0.2, 0.25) is 0 Å². The summed E-state index contributed by atoms with van der Waals surface area (Å²) < 4.78 is 0. The fourth-order valence-corrected chi connectivity index (χ4v) is 2.16. The van der Waals surface area contributed by atoms with Crippen LogP contribution in [0.25, 0.3) is 0 Å². The fraction of sp³-hybridized carbons (Fsp3) is 0.714. The Kier molecular flexibility index (Phi) is 28.4. The quantitative estimate of drug-likeness (QED) is 0.113. The van der Waals surface area contributed by atoms with E-state index in [0.29, 0.717) is 6.42 Å². The Bertz CT molecular complexity index is 692. The Morgan fingerprint density at radius 2 is 0.947 bits per heavy atom. The maximum Gasteiger partial charge on any atom is 0.320 e. The smallest absolute Gasteiger partial charge is 0.320 e. The number of hydrogen-bond donors (Lipinski definition) is 10. The second-order valence-electron chi connectivity index (χ2n) is 7.73. The van der Waals surface area contributed by atoms with E-state index >= 15 is 0 Å². The molecule has 5 atom stereocenters. The van der Waals surface area contributed by atoms with Crippen LogP contribution >= 0.6 is 11.8 Å². The molecular weight excluding hydrogens is 532 g/mol. The summed E-state index contributed by atoms with van der Waals surface area (Å²) in [6.07, 6.45) is 2.84. The monoisotopic (exact) mass is 574 g/mol. The second kappa shape index (κ2) is 25.7. The molecule has 0 rings (SSSR count). The van der Waals surface area contributed by atoms with E-state index in [1.165, 1.54) is 0 Å². The van der Waals surface area contributed by atoms with Gasteiger partial charge in [-0.25, -0.2) is 0 Å². The van der Waals surface area contributed by atoms with Gasteiger partial charge in [-0.1, -0.05) is 20.3 Å². The summed E-state index contributed by atoms with van der Waals surface area (Å²) in [5.74, 6) is -5.33. The van der Waals surface area contributed by atoms with Gasteiger partial charge >= 0.3 is 35.8 Å². The highest BCUT2D eigenvalue weighted by molar-refractivity contribution is 7.98. The lowest BCUT2D eigenvalue weighted by molar-refractivity contribution is -0.141. The van der Waals surface area contributed by atoms with Crippen molar-refractivity contribution in [2.24, 2.45) is 28.9 Å². The maximum atomic E-state index is 10.2. The number of nitrogens with two attached hydrogens (primary N) is 4. The van der Waals surface area contributed by atoms with Gasteiger partial charge in [0.15, 0.2) is 0 Å².